The third-order valence-corrected chi connectivity index (χ3v) is 2.14. The molecule has 76 valence electrons. The van der Waals surface area contributed by atoms with Gasteiger partial charge in [0, 0.05) is 27.6 Å². The summed E-state index contributed by atoms with van der Waals surface area (Å²) in [7, 11) is 5.84. The quantitative estimate of drug-likeness (QED) is 0.734. The van der Waals surface area contributed by atoms with Crippen LogP contribution in [0.3, 0.4) is 0 Å². The first kappa shape index (κ1) is 10.6. The maximum atomic E-state index is 10.5. The minimum Gasteiger partial charge on any atom is -0.386 e. The minimum atomic E-state index is 0.461. The molecule has 0 saturated heterocycles. The van der Waals surface area contributed by atoms with Gasteiger partial charge in [0.1, 0.15) is 6.29 Å². The van der Waals surface area contributed by atoms with Crippen LogP contribution in [0.5, 0.6) is 0 Å². The number of carbonyl (C=O) groups is 1. The molecule has 0 aliphatic heterocycles. The van der Waals surface area contributed by atoms with Crippen molar-refractivity contribution in [2.24, 2.45) is 0 Å². The lowest BCUT2D eigenvalue weighted by molar-refractivity contribution is -0.107. The Hall–Kier alpha value is -1.51. The van der Waals surface area contributed by atoms with Crippen LogP contribution < -0.4 is 10.2 Å². The van der Waals surface area contributed by atoms with Crippen molar-refractivity contribution in [1.29, 1.82) is 0 Å². The molecule has 0 unspecified atom stereocenters. The van der Waals surface area contributed by atoms with E-state index < -0.39 is 0 Å². The van der Waals surface area contributed by atoms with Gasteiger partial charge in [-0.25, -0.2) is 0 Å². The molecular weight excluding hydrogens is 176 g/mol. The Morgan fingerprint density at radius 1 is 1.43 bits per heavy atom. The molecule has 0 atom stereocenters. The number of nitrogens with one attached hydrogen (secondary N) is 1. The largest absolute Gasteiger partial charge is 0.386 e. The summed E-state index contributed by atoms with van der Waals surface area (Å²) in [5, 5.41) is 3.12. The van der Waals surface area contributed by atoms with E-state index in [1.54, 1.807) is 0 Å². The molecule has 0 aliphatic carbocycles. The fourth-order valence-electron chi connectivity index (χ4n) is 1.58. The lowest BCUT2D eigenvalue weighted by atomic mass is 10.1. The first-order valence-electron chi connectivity index (χ1n) is 4.61. The van der Waals surface area contributed by atoms with Gasteiger partial charge in [-0.1, -0.05) is 12.1 Å². The highest BCUT2D eigenvalue weighted by Crippen LogP contribution is 2.28. The van der Waals surface area contributed by atoms with Crippen molar-refractivity contribution in [3.63, 3.8) is 0 Å². The van der Waals surface area contributed by atoms with Crippen molar-refractivity contribution in [2.45, 2.75) is 6.42 Å². The van der Waals surface area contributed by atoms with Crippen LogP contribution in [0.2, 0.25) is 0 Å². The fraction of sp³-hybridized carbons (Fsp3) is 0.364. The van der Waals surface area contributed by atoms with Gasteiger partial charge in [0.15, 0.2) is 0 Å². The number of hydrogen-bond donors (Lipinski definition) is 1. The molecule has 0 saturated carbocycles. The average Bonchev–Trinajstić information content (AvgIpc) is 2.17. The molecule has 3 nitrogen and oxygen atoms in total. The zero-order valence-corrected chi connectivity index (χ0v) is 8.87. The van der Waals surface area contributed by atoms with Gasteiger partial charge in [-0.15, -0.1) is 0 Å². The minimum absolute atomic E-state index is 0.461. The molecule has 0 aromatic heterocycles. The first-order valence-corrected chi connectivity index (χ1v) is 4.61. The summed E-state index contributed by atoms with van der Waals surface area (Å²) in [6.45, 7) is 0. The van der Waals surface area contributed by atoms with Crippen LogP contribution >= 0.6 is 0 Å². The highest BCUT2D eigenvalue weighted by Gasteiger charge is 2.08. The smallest absolute Gasteiger partial charge is 0.124 e. The number of nitrogens with zero attached hydrogens (tertiary/aromatic N) is 1. The summed E-state index contributed by atoms with van der Waals surface area (Å²) in [5.41, 5.74) is 3.19. The van der Waals surface area contributed by atoms with Gasteiger partial charge in [0.25, 0.3) is 0 Å². The molecule has 0 aliphatic rings. The van der Waals surface area contributed by atoms with Gasteiger partial charge in [-0.2, -0.15) is 0 Å². The van der Waals surface area contributed by atoms with Crippen molar-refractivity contribution in [2.75, 3.05) is 31.4 Å². The van der Waals surface area contributed by atoms with E-state index in [-0.39, 0.29) is 0 Å². The zero-order valence-electron chi connectivity index (χ0n) is 8.87. The Labute approximate surface area is 84.7 Å². The van der Waals surface area contributed by atoms with E-state index in [2.05, 4.69) is 5.32 Å². The Morgan fingerprint density at radius 3 is 2.64 bits per heavy atom. The Balaban J connectivity index is 3.20. The zero-order chi connectivity index (χ0) is 10.6. The fourth-order valence-corrected chi connectivity index (χ4v) is 1.58. The molecule has 0 heterocycles. The molecule has 1 N–H and O–H groups in total. The van der Waals surface area contributed by atoms with E-state index in [0.29, 0.717) is 6.42 Å². The van der Waals surface area contributed by atoms with Crippen molar-refractivity contribution in [3.8, 4) is 0 Å². The van der Waals surface area contributed by atoms with Gasteiger partial charge in [0.2, 0.25) is 0 Å². The van der Waals surface area contributed by atoms with E-state index in [1.165, 1.54) is 0 Å². The van der Waals surface area contributed by atoms with Crippen LogP contribution in [0.25, 0.3) is 0 Å². The number of benzene rings is 1. The predicted molar refractivity (Wildman–Crippen MR) is 60.1 cm³/mol. The van der Waals surface area contributed by atoms with E-state index in [0.717, 1.165) is 23.2 Å². The molecule has 0 amide bonds. The lowest BCUT2D eigenvalue weighted by Crippen LogP contribution is -2.13. The van der Waals surface area contributed by atoms with Gasteiger partial charge >= 0.3 is 0 Å². The predicted octanol–water partition coefficient (Wildman–Crippen LogP) is 1.54. The Morgan fingerprint density at radius 2 is 2.14 bits per heavy atom. The highest BCUT2D eigenvalue weighted by molar-refractivity contribution is 5.76. The third kappa shape index (κ3) is 2.05. The van der Waals surface area contributed by atoms with Crippen molar-refractivity contribution < 1.29 is 4.79 Å². The summed E-state index contributed by atoms with van der Waals surface area (Å²) < 4.78 is 0. The topological polar surface area (TPSA) is 32.3 Å². The van der Waals surface area contributed by atoms with Crippen molar-refractivity contribution >= 4 is 17.7 Å². The van der Waals surface area contributed by atoms with E-state index >= 15 is 0 Å². The Kier molecular flexibility index (Phi) is 3.51. The molecule has 0 fully saturated rings. The first-order chi connectivity index (χ1) is 6.70. The van der Waals surface area contributed by atoms with Gasteiger partial charge in [0.05, 0.1) is 11.4 Å². The number of hydrogen-bond acceptors (Lipinski definition) is 3. The second-order valence-electron chi connectivity index (χ2n) is 3.33. The average molecular weight is 192 g/mol. The molecule has 0 spiro atoms. The van der Waals surface area contributed by atoms with Gasteiger partial charge in [-0.05, 0) is 11.6 Å². The molecule has 0 radical (unpaired) electrons. The highest BCUT2D eigenvalue weighted by atomic mass is 16.1. The van der Waals surface area contributed by atoms with Gasteiger partial charge < -0.3 is 15.0 Å². The maximum absolute atomic E-state index is 10.5. The summed E-state index contributed by atoms with van der Waals surface area (Å²) in [6.07, 6.45) is 1.39. The maximum Gasteiger partial charge on any atom is 0.124 e. The van der Waals surface area contributed by atoms with Gasteiger partial charge in [-0.3, -0.25) is 0 Å². The van der Waals surface area contributed by atoms with Crippen LogP contribution in [0.1, 0.15) is 5.56 Å². The molecule has 1 aromatic rings. The SMILES string of the molecule is CNc1cccc(CC=O)c1N(C)C. The molecule has 1 rings (SSSR count). The van der Waals surface area contributed by atoms with Crippen LogP contribution in [0.4, 0.5) is 11.4 Å². The number of anilines is 2. The lowest BCUT2D eigenvalue weighted by Gasteiger charge is -2.20. The van der Waals surface area contributed by atoms with E-state index in [4.69, 9.17) is 0 Å². The molecule has 1 aromatic carbocycles. The number of aldehydes is 1. The number of carbonyl (C=O) groups excluding carboxylic acids is 1. The molecule has 14 heavy (non-hydrogen) atoms. The normalized spacial score (nSPS) is 9.64. The second-order valence-corrected chi connectivity index (χ2v) is 3.33. The van der Waals surface area contributed by atoms with E-state index in [9.17, 15) is 4.79 Å². The molecule has 0 bridgehead atoms. The summed E-state index contributed by atoms with van der Waals surface area (Å²) in [4.78, 5) is 12.5. The van der Waals surface area contributed by atoms with Crippen molar-refractivity contribution in [3.05, 3.63) is 23.8 Å². The second kappa shape index (κ2) is 4.65. The summed E-state index contributed by atoms with van der Waals surface area (Å²) in [5.74, 6) is 0. The van der Waals surface area contributed by atoms with E-state index in [1.807, 2.05) is 44.2 Å². The summed E-state index contributed by atoms with van der Waals surface area (Å²) in [6, 6.07) is 5.94. The standard InChI is InChI=1S/C11H16N2O/c1-12-10-6-4-5-9(7-8-14)11(10)13(2)3/h4-6,8,12H,7H2,1-3H3. The van der Waals surface area contributed by atoms with Crippen LogP contribution in [-0.4, -0.2) is 27.4 Å². The molecule has 3 heteroatoms. The van der Waals surface area contributed by atoms with Crippen LogP contribution in [0.15, 0.2) is 18.2 Å². The molecular formula is C11H16N2O. The number of rotatable bonds is 4. The monoisotopic (exact) mass is 192 g/mol. The number of para-hydroxylation sites is 1. The Bertz CT molecular complexity index is 321. The van der Waals surface area contributed by atoms with Crippen LogP contribution in [0, 0.1) is 0 Å². The van der Waals surface area contributed by atoms with Crippen molar-refractivity contribution in [1.82, 2.24) is 0 Å². The third-order valence-electron chi connectivity index (χ3n) is 2.14. The summed E-state index contributed by atoms with van der Waals surface area (Å²) >= 11 is 0. The van der Waals surface area contributed by atoms with Crippen LogP contribution in [-0.2, 0) is 11.2 Å².